The van der Waals surface area contributed by atoms with E-state index in [1.807, 2.05) is 48.8 Å². The smallest absolute Gasteiger partial charge is 0.212 e. The molecule has 1 fully saturated rings. The molecule has 0 amide bonds. The summed E-state index contributed by atoms with van der Waals surface area (Å²) in [6.45, 7) is 8.39. The van der Waals surface area contributed by atoms with E-state index in [9.17, 15) is 4.79 Å². The third-order valence-corrected chi connectivity index (χ3v) is 6.06. The van der Waals surface area contributed by atoms with E-state index in [1.54, 1.807) is 13.3 Å². The molecule has 6 heteroatoms. The second-order valence-electron chi connectivity index (χ2n) is 8.52. The van der Waals surface area contributed by atoms with Crippen molar-refractivity contribution in [2.75, 3.05) is 33.4 Å². The highest BCUT2D eigenvalue weighted by Crippen LogP contribution is 2.25. The molecule has 0 radical (unpaired) electrons. The topological polar surface area (TPSA) is 64.5 Å². The molecule has 6 nitrogen and oxygen atoms in total. The van der Waals surface area contributed by atoms with Gasteiger partial charge in [-0.3, -0.25) is 14.7 Å². The highest BCUT2D eigenvalue weighted by atomic mass is 16.5. The van der Waals surface area contributed by atoms with Gasteiger partial charge in [0.05, 0.1) is 20.3 Å². The van der Waals surface area contributed by atoms with Crippen molar-refractivity contribution < 1.29 is 14.3 Å². The van der Waals surface area contributed by atoms with Crippen molar-refractivity contribution in [2.45, 2.75) is 25.8 Å². The summed E-state index contributed by atoms with van der Waals surface area (Å²) in [7, 11) is 1.60. The van der Waals surface area contributed by atoms with Crippen LogP contribution in [-0.2, 0) is 22.5 Å². The molecule has 3 aromatic rings. The van der Waals surface area contributed by atoms with Crippen LogP contribution < -0.4 is 4.74 Å². The first-order valence-corrected chi connectivity index (χ1v) is 11.7. The highest BCUT2D eigenvalue weighted by molar-refractivity contribution is 6.20. The average Bonchev–Trinajstić information content (AvgIpc) is 2.89. The van der Waals surface area contributed by atoms with Gasteiger partial charge in [-0.1, -0.05) is 30.8 Å². The number of hydrogen-bond acceptors (Lipinski definition) is 6. The summed E-state index contributed by atoms with van der Waals surface area (Å²) in [5.41, 5.74) is 5.74. The van der Waals surface area contributed by atoms with Crippen molar-refractivity contribution in [1.29, 1.82) is 0 Å². The van der Waals surface area contributed by atoms with E-state index < -0.39 is 0 Å². The van der Waals surface area contributed by atoms with Crippen molar-refractivity contribution in [3.63, 3.8) is 0 Å². The molecule has 3 heterocycles. The minimum Gasteiger partial charge on any atom is -0.481 e. The van der Waals surface area contributed by atoms with Crippen molar-refractivity contribution in [3.8, 4) is 17.0 Å². The maximum Gasteiger partial charge on any atom is 0.212 e. The number of hydrogen-bond donors (Lipinski definition) is 0. The normalized spacial score (nSPS) is 14.0. The molecule has 0 N–H and O–H groups in total. The number of pyridine rings is 2. The molecular formula is C28H31N3O3. The zero-order chi connectivity index (χ0) is 23.8. The molecule has 1 saturated heterocycles. The number of Topliss-reactive ketones (excluding diaryl/α,β-unsaturated/α-hetero) is 1. The van der Waals surface area contributed by atoms with Crippen LogP contribution in [0.3, 0.4) is 0 Å². The van der Waals surface area contributed by atoms with Crippen LogP contribution in [0.4, 0.5) is 0 Å². The van der Waals surface area contributed by atoms with E-state index >= 15 is 0 Å². The molecule has 1 aliphatic heterocycles. The van der Waals surface area contributed by atoms with E-state index in [4.69, 9.17) is 9.47 Å². The molecule has 0 aliphatic carbocycles. The monoisotopic (exact) mass is 457 g/mol. The van der Waals surface area contributed by atoms with Gasteiger partial charge in [0.2, 0.25) is 5.88 Å². The van der Waals surface area contributed by atoms with E-state index in [0.29, 0.717) is 17.9 Å². The maximum absolute atomic E-state index is 12.8. The number of ketones is 1. The lowest BCUT2D eigenvalue weighted by Crippen LogP contribution is -2.35. The number of carbonyl (C=O) groups excluding carboxylic acids is 1. The Balaban J connectivity index is 1.36. The zero-order valence-electron chi connectivity index (χ0n) is 19.7. The number of allylic oxidation sites excluding steroid dienone is 1. The minimum absolute atomic E-state index is 0.0674. The second-order valence-corrected chi connectivity index (χ2v) is 8.52. The van der Waals surface area contributed by atoms with Gasteiger partial charge in [0.15, 0.2) is 5.78 Å². The fourth-order valence-corrected chi connectivity index (χ4v) is 4.08. The first-order valence-electron chi connectivity index (χ1n) is 11.7. The van der Waals surface area contributed by atoms with Gasteiger partial charge in [-0.2, -0.15) is 0 Å². The lowest BCUT2D eigenvalue weighted by molar-refractivity contribution is -0.113. The SMILES string of the molecule is C=C(C(=O)CCCc1ccc(OC)nc1)c1cccc(-c2cncc(CN3CCOCC3)c2)c1. The molecule has 0 saturated carbocycles. The fraction of sp³-hybridized carbons (Fsp3) is 0.321. The van der Waals surface area contributed by atoms with Gasteiger partial charge in [0.25, 0.3) is 0 Å². The highest BCUT2D eigenvalue weighted by Gasteiger charge is 2.13. The molecular weight excluding hydrogens is 426 g/mol. The average molecular weight is 458 g/mol. The van der Waals surface area contributed by atoms with E-state index in [-0.39, 0.29) is 5.78 Å². The minimum atomic E-state index is 0.0674. The Morgan fingerprint density at radius 1 is 1.06 bits per heavy atom. The van der Waals surface area contributed by atoms with Gasteiger partial charge in [-0.25, -0.2) is 4.98 Å². The van der Waals surface area contributed by atoms with Gasteiger partial charge in [-0.15, -0.1) is 0 Å². The number of morpholine rings is 1. The maximum atomic E-state index is 12.8. The van der Waals surface area contributed by atoms with Crippen LogP contribution >= 0.6 is 0 Å². The summed E-state index contributed by atoms with van der Waals surface area (Å²) in [6.07, 6.45) is 7.57. The van der Waals surface area contributed by atoms with Crippen LogP contribution in [0.25, 0.3) is 16.7 Å². The van der Waals surface area contributed by atoms with Crippen molar-refractivity contribution in [1.82, 2.24) is 14.9 Å². The van der Waals surface area contributed by atoms with E-state index in [2.05, 4.69) is 27.5 Å². The molecule has 0 atom stereocenters. The van der Waals surface area contributed by atoms with Crippen molar-refractivity contribution in [3.05, 3.63) is 84.3 Å². The molecule has 4 rings (SSSR count). The van der Waals surface area contributed by atoms with E-state index in [1.165, 1.54) is 5.56 Å². The number of methoxy groups -OCH3 is 1. The summed E-state index contributed by atoms with van der Waals surface area (Å²) >= 11 is 0. The Kier molecular flexibility index (Phi) is 8.17. The molecule has 176 valence electrons. The summed E-state index contributed by atoms with van der Waals surface area (Å²) in [4.78, 5) is 23.8. The molecule has 34 heavy (non-hydrogen) atoms. The molecule has 0 spiro atoms. The number of benzene rings is 1. The van der Waals surface area contributed by atoms with Crippen molar-refractivity contribution in [2.24, 2.45) is 0 Å². The van der Waals surface area contributed by atoms with Gasteiger partial charge >= 0.3 is 0 Å². The Morgan fingerprint density at radius 2 is 1.91 bits per heavy atom. The van der Waals surface area contributed by atoms with Gasteiger partial charge in [0.1, 0.15) is 0 Å². The Labute approximate surface area is 201 Å². The number of nitrogens with zero attached hydrogens (tertiary/aromatic N) is 3. The van der Waals surface area contributed by atoms with Crippen molar-refractivity contribution >= 4 is 11.4 Å². The second kappa shape index (κ2) is 11.7. The zero-order valence-corrected chi connectivity index (χ0v) is 19.7. The van der Waals surface area contributed by atoms with Crippen LogP contribution in [0, 0.1) is 0 Å². The van der Waals surface area contributed by atoms with Crippen LogP contribution in [-0.4, -0.2) is 54.1 Å². The predicted octanol–water partition coefficient (Wildman–Crippen LogP) is 4.59. The third kappa shape index (κ3) is 6.37. The van der Waals surface area contributed by atoms with Gasteiger partial charge < -0.3 is 9.47 Å². The summed E-state index contributed by atoms with van der Waals surface area (Å²) in [6, 6.07) is 14.0. The fourth-order valence-electron chi connectivity index (χ4n) is 4.08. The van der Waals surface area contributed by atoms with Gasteiger partial charge in [0, 0.05) is 61.8 Å². The predicted molar refractivity (Wildman–Crippen MR) is 134 cm³/mol. The Bertz CT molecular complexity index is 1120. The van der Waals surface area contributed by atoms with Gasteiger partial charge in [-0.05, 0) is 47.2 Å². The summed E-state index contributed by atoms with van der Waals surface area (Å²) in [5, 5.41) is 0. The van der Waals surface area contributed by atoms with Crippen LogP contribution in [0.2, 0.25) is 0 Å². The number of rotatable bonds is 10. The summed E-state index contributed by atoms with van der Waals surface area (Å²) < 4.78 is 10.5. The largest absolute Gasteiger partial charge is 0.481 e. The number of aryl methyl sites for hydroxylation is 1. The Hall–Kier alpha value is -3.35. The van der Waals surface area contributed by atoms with Crippen LogP contribution in [0.1, 0.15) is 29.5 Å². The molecule has 0 bridgehead atoms. The molecule has 0 unspecified atom stereocenters. The first kappa shape index (κ1) is 23.8. The molecule has 2 aromatic heterocycles. The molecule has 1 aromatic carbocycles. The lowest BCUT2D eigenvalue weighted by atomic mass is 9.95. The number of carbonyl (C=O) groups is 1. The van der Waals surface area contributed by atoms with Crippen LogP contribution in [0.5, 0.6) is 5.88 Å². The summed E-state index contributed by atoms with van der Waals surface area (Å²) in [5.74, 6) is 0.660. The van der Waals surface area contributed by atoms with E-state index in [0.717, 1.165) is 67.9 Å². The lowest BCUT2D eigenvalue weighted by Gasteiger charge is -2.26. The third-order valence-electron chi connectivity index (χ3n) is 6.06. The first-order chi connectivity index (χ1) is 16.6. The molecule has 1 aliphatic rings. The number of aromatic nitrogens is 2. The van der Waals surface area contributed by atoms with Crippen LogP contribution in [0.15, 0.2) is 67.6 Å². The Morgan fingerprint density at radius 3 is 2.68 bits per heavy atom. The standard InChI is InChI=1S/C28H31N3O3/c1-21(27(32)8-3-5-22-9-10-28(33-2)30-18-22)24-6-4-7-25(16-24)26-15-23(17-29-19-26)20-31-11-13-34-14-12-31/h4,6-7,9-10,15-19H,1,3,5,8,11-14,20H2,2H3. The quantitative estimate of drug-likeness (QED) is 0.415. The number of ether oxygens (including phenoxy) is 2.